The Bertz CT molecular complexity index is 305. The van der Waals surface area contributed by atoms with Crippen LogP contribution in [0.4, 0.5) is 0 Å². The number of rotatable bonds is 11. The molecule has 1 atom stereocenters. The van der Waals surface area contributed by atoms with E-state index in [1.54, 1.807) is 6.92 Å². The fourth-order valence-electron chi connectivity index (χ4n) is 1.38. The third-order valence-electron chi connectivity index (χ3n) is 1.99. The lowest BCUT2D eigenvalue weighted by Gasteiger charge is -2.25. The fraction of sp³-hybridized carbons (Fsp3) is 0.700. The number of hydrogen-bond acceptors (Lipinski definition) is 6. The van der Waals surface area contributed by atoms with E-state index >= 15 is 0 Å². The van der Waals surface area contributed by atoms with Crippen LogP contribution < -0.4 is 5.32 Å². The van der Waals surface area contributed by atoms with Gasteiger partial charge in [-0.2, -0.15) is 0 Å². The molecule has 0 aromatic rings. The normalized spacial score (nSPS) is 12.3. The lowest BCUT2D eigenvalue weighted by atomic mass is 10.4. The number of aliphatic carboxylic acids is 3. The Balaban J connectivity index is 4.47. The van der Waals surface area contributed by atoms with Crippen molar-refractivity contribution in [2.24, 2.45) is 0 Å². The quantitative estimate of drug-likeness (QED) is 0.332. The van der Waals surface area contributed by atoms with Gasteiger partial charge in [0.1, 0.15) is 6.23 Å². The molecule has 0 aliphatic rings. The van der Waals surface area contributed by atoms with E-state index in [2.05, 4.69) is 5.32 Å². The summed E-state index contributed by atoms with van der Waals surface area (Å²) < 4.78 is 5.18. The molecule has 9 heteroatoms. The molecule has 0 radical (unpaired) electrons. The number of hydrogen-bond donors (Lipinski definition) is 4. The summed E-state index contributed by atoms with van der Waals surface area (Å²) in [6.45, 7) is 0.632. The lowest BCUT2D eigenvalue weighted by Crippen LogP contribution is -2.47. The number of ether oxygens (including phenoxy) is 1. The Labute approximate surface area is 109 Å². The number of carbonyl (C=O) groups is 3. The van der Waals surface area contributed by atoms with Crippen molar-refractivity contribution in [3.63, 3.8) is 0 Å². The van der Waals surface area contributed by atoms with Gasteiger partial charge in [-0.05, 0) is 6.92 Å². The molecule has 0 aliphatic heterocycles. The van der Waals surface area contributed by atoms with Gasteiger partial charge in [0.05, 0.1) is 19.6 Å². The SMILES string of the molecule is CCOC(CN(CC(=O)O)CC(=O)O)NCC(=O)O. The van der Waals surface area contributed by atoms with Gasteiger partial charge >= 0.3 is 17.9 Å². The first-order valence-corrected chi connectivity index (χ1v) is 5.57. The molecule has 0 heterocycles. The summed E-state index contributed by atoms with van der Waals surface area (Å²) in [5, 5.41) is 28.4. The molecule has 0 rings (SSSR count). The monoisotopic (exact) mass is 278 g/mol. The second-order valence-electron chi connectivity index (χ2n) is 3.68. The fourth-order valence-corrected chi connectivity index (χ4v) is 1.38. The maximum Gasteiger partial charge on any atom is 0.317 e. The van der Waals surface area contributed by atoms with Crippen molar-refractivity contribution < 1.29 is 34.4 Å². The number of nitrogens with one attached hydrogen (secondary N) is 1. The van der Waals surface area contributed by atoms with Crippen molar-refractivity contribution >= 4 is 17.9 Å². The van der Waals surface area contributed by atoms with Crippen molar-refractivity contribution in [2.75, 3.05) is 32.8 Å². The van der Waals surface area contributed by atoms with E-state index in [-0.39, 0.29) is 19.7 Å². The average molecular weight is 278 g/mol. The molecular weight excluding hydrogens is 260 g/mol. The van der Waals surface area contributed by atoms with Crippen LogP contribution in [-0.4, -0.2) is 77.1 Å². The summed E-state index contributed by atoms with van der Waals surface area (Å²) in [7, 11) is 0. The predicted molar refractivity (Wildman–Crippen MR) is 62.8 cm³/mol. The minimum Gasteiger partial charge on any atom is -0.480 e. The zero-order chi connectivity index (χ0) is 14.8. The molecule has 4 N–H and O–H groups in total. The van der Waals surface area contributed by atoms with Crippen LogP contribution in [0, 0.1) is 0 Å². The Morgan fingerprint density at radius 1 is 1.11 bits per heavy atom. The predicted octanol–water partition coefficient (Wildman–Crippen LogP) is -1.51. The first-order chi connectivity index (χ1) is 8.85. The molecule has 0 saturated heterocycles. The molecule has 9 nitrogen and oxygen atoms in total. The zero-order valence-electron chi connectivity index (χ0n) is 10.5. The van der Waals surface area contributed by atoms with Crippen LogP contribution in [-0.2, 0) is 19.1 Å². The maximum atomic E-state index is 10.6. The largest absolute Gasteiger partial charge is 0.480 e. The smallest absolute Gasteiger partial charge is 0.317 e. The van der Waals surface area contributed by atoms with Gasteiger partial charge in [0.2, 0.25) is 0 Å². The molecule has 0 bridgehead atoms. The Morgan fingerprint density at radius 3 is 2.00 bits per heavy atom. The van der Waals surface area contributed by atoms with Crippen molar-refractivity contribution in [3.8, 4) is 0 Å². The van der Waals surface area contributed by atoms with Crippen LogP contribution in [0.3, 0.4) is 0 Å². The van der Waals surface area contributed by atoms with E-state index in [1.165, 1.54) is 0 Å². The highest BCUT2D eigenvalue weighted by molar-refractivity contribution is 5.72. The maximum absolute atomic E-state index is 10.6. The standard InChI is InChI=1S/C10H18N2O7/c1-2-19-7(11-3-8(13)14)4-12(5-9(15)16)6-10(17)18/h7,11H,2-6H2,1H3,(H,13,14)(H,15,16)(H,17,18). The molecule has 0 aromatic heterocycles. The summed E-state index contributed by atoms with van der Waals surface area (Å²) in [5.74, 6) is -3.43. The van der Waals surface area contributed by atoms with Crippen LogP contribution in [0.1, 0.15) is 6.92 Å². The Kier molecular flexibility index (Phi) is 8.42. The van der Waals surface area contributed by atoms with Crippen molar-refractivity contribution in [1.82, 2.24) is 10.2 Å². The van der Waals surface area contributed by atoms with Gasteiger partial charge in [0, 0.05) is 13.2 Å². The third kappa shape index (κ3) is 9.94. The van der Waals surface area contributed by atoms with Gasteiger partial charge < -0.3 is 20.1 Å². The topological polar surface area (TPSA) is 136 Å². The van der Waals surface area contributed by atoms with Gasteiger partial charge in [-0.15, -0.1) is 0 Å². The molecule has 1 unspecified atom stereocenters. The van der Waals surface area contributed by atoms with E-state index in [0.29, 0.717) is 0 Å². The highest BCUT2D eigenvalue weighted by atomic mass is 16.5. The molecule has 110 valence electrons. The molecule has 0 saturated carbocycles. The molecule has 0 amide bonds. The van der Waals surface area contributed by atoms with Crippen LogP contribution >= 0.6 is 0 Å². The molecule has 0 spiro atoms. The Morgan fingerprint density at radius 2 is 1.63 bits per heavy atom. The first-order valence-electron chi connectivity index (χ1n) is 5.57. The summed E-state index contributed by atoms with van der Waals surface area (Å²) in [5.41, 5.74) is 0. The highest BCUT2D eigenvalue weighted by Crippen LogP contribution is 1.96. The van der Waals surface area contributed by atoms with Gasteiger partial charge in [-0.25, -0.2) is 0 Å². The van der Waals surface area contributed by atoms with E-state index < -0.39 is 37.2 Å². The van der Waals surface area contributed by atoms with Crippen LogP contribution in [0.2, 0.25) is 0 Å². The first kappa shape index (κ1) is 17.3. The molecule has 0 aromatic carbocycles. The number of carboxylic acids is 3. The minimum absolute atomic E-state index is 0.0419. The molecule has 19 heavy (non-hydrogen) atoms. The van der Waals surface area contributed by atoms with Crippen molar-refractivity contribution in [1.29, 1.82) is 0 Å². The van der Waals surface area contributed by atoms with Gasteiger partial charge in [0.25, 0.3) is 0 Å². The van der Waals surface area contributed by atoms with Crippen LogP contribution in [0.5, 0.6) is 0 Å². The highest BCUT2D eigenvalue weighted by Gasteiger charge is 2.19. The van der Waals surface area contributed by atoms with E-state index in [9.17, 15) is 14.4 Å². The van der Waals surface area contributed by atoms with E-state index in [1.807, 2.05) is 0 Å². The zero-order valence-corrected chi connectivity index (χ0v) is 10.5. The van der Waals surface area contributed by atoms with Crippen LogP contribution in [0.25, 0.3) is 0 Å². The van der Waals surface area contributed by atoms with Crippen LogP contribution in [0.15, 0.2) is 0 Å². The third-order valence-corrected chi connectivity index (χ3v) is 1.99. The average Bonchev–Trinajstić information content (AvgIpc) is 2.24. The molecule has 0 aliphatic carbocycles. The van der Waals surface area contributed by atoms with Gasteiger partial charge in [0.15, 0.2) is 0 Å². The summed E-state index contributed by atoms with van der Waals surface area (Å²) >= 11 is 0. The Hall–Kier alpha value is -1.71. The number of nitrogens with zero attached hydrogens (tertiary/aromatic N) is 1. The second kappa shape index (κ2) is 9.25. The summed E-state index contributed by atoms with van der Waals surface area (Å²) in [6, 6.07) is 0. The van der Waals surface area contributed by atoms with Gasteiger partial charge in [-0.3, -0.25) is 24.6 Å². The lowest BCUT2D eigenvalue weighted by molar-refractivity contribution is -0.143. The summed E-state index contributed by atoms with van der Waals surface area (Å²) in [6.07, 6.45) is -0.750. The number of carboxylic acid groups (broad SMARTS) is 3. The summed E-state index contributed by atoms with van der Waals surface area (Å²) in [4.78, 5) is 32.8. The minimum atomic E-state index is -1.17. The molecule has 0 fully saturated rings. The second-order valence-corrected chi connectivity index (χ2v) is 3.68. The van der Waals surface area contributed by atoms with Gasteiger partial charge in [-0.1, -0.05) is 0 Å². The van der Waals surface area contributed by atoms with Crippen molar-refractivity contribution in [2.45, 2.75) is 13.2 Å². The van der Waals surface area contributed by atoms with E-state index in [0.717, 1.165) is 4.90 Å². The molecular formula is C10H18N2O7. The van der Waals surface area contributed by atoms with E-state index in [4.69, 9.17) is 20.1 Å². The van der Waals surface area contributed by atoms with Crippen molar-refractivity contribution in [3.05, 3.63) is 0 Å².